The number of carboxylic acids is 1. The number of hydrogen-bond donors (Lipinski definition) is 5. The van der Waals surface area contributed by atoms with Crippen LogP contribution in [0.5, 0.6) is 0 Å². The minimum Gasteiger partial charge on any atom is -0.480 e. The maximum atomic E-state index is 10.7. The molecule has 0 spiro atoms. The van der Waals surface area contributed by atoms with Gasteiger partial charge in [-0.2, -0.15) is 12.6 Å². The molecule has 0 saturated heterocycles. The number of nitrogens with one attached hydrogen (secondary N) is 2. The minimum absolute atomic E-state index is 0.0565. The van der Waals surface area contributed by atoms with Crippen LogP contribution in [-0.2, 0) is 9.59 Å². The zero-order chi connectivity index (χ0) is 11.7. The molecule has 0 aromatic heterocycles. The lowest BCUT2D eigenvalue weighted by molar-refractivity contribution is -0.139. The van der Waals surface area contributed by atoms with Crippen LogP contribution < -0.4 is 16.4 Å². The Hall–Kier alpha value is -0.790. The predicted molar refractivity (Wildman–Crippen MR) is 60.0 cm³/mol. The van der Waals surface area contributed by atoms with Gasteiger partial charge in [-0.3, -0.25) is 9.59 Å². The van der Waals surface area contributed by atoms with Gasteiger partial charge in [-0.05, 0) is 12.2 Å². The highest BCUT2D eigenvalue weighted by Crippen LogP contribution is 1.93. The molecule has 0 aliphatic heterocycles. The standard InChI is InChI=1S/C8H17N3O3S/c9-5-7(12)11-3-2-10-6(1-4-15)8(13)14/h6,10,15H,1-5,9H2,(H,11,12)(H,13,14). The second-order valence-corrected chi connectivity index (χ2v) is 3.36. The summed E-state index contributed by atoms with van der Waals surface area (Å²) in [5.41, 5.74) is 5.07. The van der Waals surface area contributed by atoms with Crippen LogP contribution in [0.3, 0.4) is 0 Å². The van der Waals surface area contributed by atoms with Gasteiger partial charge in [-0.1, -0.05) is 0 Å². The molecular formula is C8H17N3O3S. The second-order valence-electron chi connectivity index (χ2n) is 2.91. The first-order valence-corrected chi connectivity index (χ1v) is 5.29. The van der Waals surface area contributed by atoms with E-state index < -0.39 is 12.0 Å². The molecule has 0 aliphatic carbocycles. The molecule has 7 heteroatoms. The van der Waals surface area contributed by atoms with E-state index in [0.717, 1.165) is 0 Å². The zero-order valence-electron chi connectivity index (χ0n) is 8.40. The van der Waals surface area contributed by atoms with Crippen molar-refractivity contribution < 1.29 is 14.7 Å². The summed E-state index contributed by atoms with van der Waals surface area (Å²) < 4.78 is 0. The third-order valence-electron chi connectivity index (χ3n) is 1.74. The Morgan fingerprint density at radius 1 is 1.40 bits per heavy atom. The lowest BCUT2D eigenvalue weighted by Gasteiger charge is -2.13. The topological polar surface area (TPSA) is 104 Å². The minimum atomic E-state index is -0.908. The molecule has 1 amide bonds. The summed E-state index contributed by atoms with van der Waals surface area (Å²) in [7, 11) is 0. The van der Waals surface area contributed by atoms with Crippen molar-refractivity contribution in [2.75, 3.05) is 25.4 Å². The summed E-state index contributed by atoms with van der Waals surface area (Å²) in [6.07, 6.45) is 0.448. The highest BCUT2D eigenvalue weighted by Gasteiger charge is 2.14. The van der Waals surface area contributed by atoms with E-state index in [1.807, 2.05) is 0 Å². The fourth-order valence-electron chi connectivity index (χ4n) is 0.962. The van der Waals surface area contributed by atoms with Gasteiger partial charge >= 0.3 is 5.97 Å². The predicted octanol–water partition coefficient (Wildman–Crippen LogP) is -1.58. The van der Waals surface area contributed by atoms with Crippen molar-refractivity contribution in [2.24, 2.45) is 5.73 Å². The lowest BCUT2D eigenvalue weighted by atomic mass is 10.2. The number of hydrogen-bond acceptors (Lipinski definition) is 5. The van der Waals surface area contributed by atoms with Crippen LogP contribution in [0.1, 0.15) is 6.42 Å². The Bertz CT molecular complexity index is 213. The number of rotatable bonds is 8. The maximum absolute atomic E-state index is 10.7. The highest BCUT2D eigenvalue weighted by atomic mass is 32.1. The number of nitrogens with two attached hydrogens (primary N) is 1. The third-order valence-corrected chi connectivity index (χ3v) is 2.00. The molecule has 0 radical (unpaired) electrons. The smallest absolute Gasteiger partial charge is 0.320 e. The van der Waals surface area contributed by atoms with Gasteiger partial charge in [0.1, 0.15) is 6.04 Å². The van der Waals surface area contributed by atoms with E-state index in [4.69, 9.17) is 10.8 Å². The van der Waals surface area contributed by atoms with Crippen molar-refractivity contribution in [2.45, 2.75) is 12.5 Å². The molecule has 1 unspecified atom stereocenters. The Morgan fingerprint density at radius 3 is 2.53 bits per heavy atom. The summed E-state index contributed by atoms with van der Waals surface area (Å²) in [6, 6.07) is -0.614. The third kappa shape index (κ3) is 7.18. The van der Waals surface area contributed by atoms with Gasteiger partial charge in [-0.15, -0.1) is 0 Å². The first-order chi connectivity index (χ1) is 7.11. The molecule has 1 atom stereocenters. The number of aliphatic carboxylic acids is 1. The maximum Gasteiger partial charge on any atom is 0.320 e. The lowest BCUT2D eigenvalue weighted by Crippen LogP contribution is -2.42. The number of thiol groups is 1. The monoisotopic (exact) mass is 235 g/mol. The molecule has 0 fully saturated rings. The second kappa shape index (κ2) is 8.51. The van der Waals surface area contributed by atoms with Crippen LogP contribution in [0.2, 0.25) is 0 Å². The normalized spacial score (nSPS) is 12.1. The van der Waals surface area contributed by atoms with Crippen LogP contribution >= 0.6 is 12.6 Å². The number of carboxylic acid groups (broad SMARTS) is 1. The molecule has 88 valence electrons. The number of amides is 1. The van der Waals surface area contributed by atoms with Gasteiger partial charge in [0.15, 0.2) is 0 Å². The summed E-state index contributed by atoms with van der Waals surface area (Å²) in [5, 5.41) is 14.1. The van der Waals surface area contributed by atoms with Crippen molar-refractivity contribution >= 4 is 24.5 Å². The average molecular weight is 235 g/mol. The first kappa shape index (κ1) is 14.2. The van der Waals surface area contributed by atoms with Gasteiger partial charge in [0.25, 0.3) is 0 Å². The van der Waals surface area contributed by atoms with E-state index in [9.17, 15) is 9.59 Å². The van der Waals surface area contributed by atoms with Crippen molar-refractivity contribution in [3.8, 4) is 0 Å². The Labute approximate surface area is 94.0 Å². The van der Waals surface area contributed by atoms with Crippen LogP contribution in [0.4, 0.5) is 0 Å². The van der Waals surface area contributed by atoms with Crippen LogP contribution in [-0.4, -0.2) is 48.4 Å². The van der Waals surface area contributed by atoms with E-state index in [1.165, 1.54) is 0 Å². The SMILES string of the molecule is NCC(=O)NCCNC(CCS)C(=O)O. The fraction of sp³-hybridized carbons (Fsp3) is 0.750. The van der Waals surface area contributed by atoms with E-state index in [1.54, 1.807) is 0 Å². The molecular weight excluding hydrogens is 218 g/mol. The molecule has 0 aromatic carbocycles. The van der Waals surface area contributed by atoms with Gasteiger partial charge < -0.3 is 21.5 Å². The molecule has 0 rings (SSSR count). The highest BCUT2D eigenvalue weighted by molar-refractivity contribution is 7.80. The Morgan fingerprint density at radius 2 is 2.07 bits per heavy atom. The van der Waals surface area contributed by atoms with E-state index in [0.29, 0.717) is 25.3 Å². The van der Waals surface area contributed by atoms with Crippen LogP contribution in [0.25, 0.3) is 0 Å². The zero-order valence-corrected chi connectivity index (χ0v) is 9.30. The van der Waals surface area contributed by atoms with E-state index in [2.05, 4.69) is 23.3 Å². The van der Waals surface area contributed by atoms with Crippen molar-refractivity contribution in [3.63, 3.8) is 0 Å². The van der Waals surface area contributed by atoms with Crippen LogP contribution in [0.15, 0.2) is 0 Å². The summed E-state index contributed by atoms with van der Waals surface area (Å²) >= 11 is 3.96. The quantitative estimate of drug-likeness (QED) is 0.258. The number of carbonyl (C=O) groups excluding carboxylic acids is 1. The van der Waals surface area contributed by atoms with Gasteiger partial charge in [0, 0.05) is 13.1 Å². The Kier molecular flexibility index (Phi) is 8.06. The van der Waals surface area contributed by atoms with E-state index in [-0.39, 0.29) is 12.5 Å². The number of carbonyl (C=O) groups is 2. The molecule has 15 heavy (non-hydrogen) atoms. The summed E-state index contributed by atoms with van der Waals surface area (Å²) in [5.74, 6) is -0.661. The van der Waals surface area contributed by atoms with Gasteiger partial charge in [0.05, 0.1) is 6.54 Å². The fourth-order valence-corrected chi connectivity index (χ4v) is 1.22. The molecule has 0 bridgehead atoms. The van der Waals surface area contributed by atoms with E-state index >= 15 is 0 Å². The molecule has 0 saturated carbocycles. The van der Waals surface area contributed by atoms with Gasteiger partial charge in [-0.25, -0.2) is 0 Å². The Balaban J connectivity index is 3.62. The summed E-state index contributed by atoms with van der Waals surface area (Å²) in [6.45, 7) is 0.710. The summed E-state index contributed by atoms with van der Waals surface area (Å²) in [4.78, 5) is 21.4. The van der Waals surface area contributed by atoms with Crippen molar-refractivity contribution in [1.82, 2.24) is 10.6 Å². The first-order valence-electron chi connectivity index (χ1n) is 4.65. The van der Waals surface area contributed by atoms with Crippen molar-refractivity contribution in [3.05, 3.63) is 0 Å². The van der Waals surface area contributed by atoms with Crippen molar-refractivity contribution in [1.29, 1.82) is 0 Å². The average Bonchev–Trinajstić information content (AvgIpc) is 2.21. The molecule has 0 aliphatic rings. The van der Waals surface area contributed by atoms with Gasteiger partial charge in [0.2, 0.25) is 5.91 Å². The van der Waals surface area contributed by atoms with Crippen LogP contribution in [0, 0.1) is 0 Å². The molecule has 6 nitrogen and oxygen atoms in total. The molecule has 0 heterocycles. The molecule has 0 aromatic rings. The largest absolute Gasteiger partial charge is 0.480 e. The molecule has 5 N–H and O–H groups in total.